The molecule has 11 nitrogen and oxygen atoms in total. The van der Waals surface area contributed by atoms with Crippen molar-refractivity contribution in [1.82, 2.24) is 14.7 Å². The minimum Gasteiger partial charge on any atom is -0.393 e. The molecule has 0 radical (unpaired) electrons. The minimum absolute atomic E-state index is 0.191. The summed E-state index contributed by atoms with van der Waals surface area (Å²) >= 11 is 0. The zero-order valence-electron chi connectivity index (χ0n) is 14.4. The number of carbonyl (C=O) groups excluding carboxylic acids is 1. The highest BCUT2D eigenvalue weighted by atomic mass is 32.2. The highest BCUT2D eigenvalue weighted by Gasteiger charge is 2.19. The fraction of sp³-hybridized carbons (Fsp3) is 0.615. The lowest BCUT2D eigenvalue weighted by molar-refractivity contribution is -0.117. The van der Waals surface area contributed by atoms with Crippen LogP contribution in [0.4, 0.5) is 17.3 Å². The number of hydrogen-bond acceptors (Lipinski definition) is 10. The van der Waals surface area contributed by atoms with Gasteiger partial charge < -0.3 is 21.1 Å². The second-order valence-electron chi connectivity index (χ2n) is 5.12. The maximum absolute atomic E-state index is 11.5. The highest BCUT2D eigenvalue weighted by Crippen LogP contribution is 2.24. The van der Waals surface area contributed by atoms with E-state index in [-0.39, 0.29) is 18.1 Å². The Bertz CT molecular complexity index is 683. The molecule has 0 unspecified atom stereocenters. The lowest BCUT2D eigenvalue weighted by Crippen LogP contribution is -2.34. The number of anilines is 3. The molecule has 1 atom stereocenters. The first kappa shape index (κ1) is 20.9. The van der Waals surface area contributed by atoms with E-state index >= 15 is 0 Å². The van der Waals surface area contributed by atoms with Crippen molar-refractivity contribution in [2.75, 3.05) is 43.2 Å². The number of aromatic nitrogens is 2. The molecule has 0 aliphatic rings. The van der Waals surface area contributed by atoms with Crippen LogP contribution in [0.25, 0.3) is 0 Å². The van der Waals surface area contributed by atoms with Crippen LogP contribution in [0.5, 0.6) is 0 Å². The Balaban J connectivity index is 2.65. The zero-order chi connectivity index (χ0) is 19.0. The van der Waals surface area contributed by atoms with Gasteiger partial charge in [0.25, 0.3) is 0 Å². The first-order chi connectivity index (χ1) is 11.7. The van der Waals surface area contributed by atoms with E-state index in [4.69, 9.17) is 20.4 Å². The summed E-state index contributed by atoms with van der Waals surface area (Å²) in [5.41, 5.74) is 11.9. The van der Waals surface area contributed by atoms with Gasteiger partial charge >= 0.3 is 10.3 Å². The lowest BCUT2D eigenvalue weighted by atomic mass is 10.2. The predicted octanol–water partition coefficient (Wildman–Crippen LogP) is -0.730. The van der Waals surface area contributed by atoms with Crippen molar-refractivity contribution in [3.05, 3.63) is 6.33 Å². The predicted molar refractivity (Wildman–Crippen MR) is 92.8 cm³/mol. The summed E-state index contributed by atoms with van der Waals surface area (Å²) in [6, 6.07) is 0. The van der Waals surface area contributed by atoms with E-state index in [0.717, 1.165) is 6.92 Å². The maximum atomic E-state index is 11.5. The van der Waals surface area contributed by atoms with Gasteiger partial charge in [-0.3, -0.25) is 8.98 Å². The Morgan fingerprint density at radius 2 is 2.08 bits per heavy atom. The number of nitrogens with one attached hydrogen (secondary N) is 1. The summed E-state index contributed by atoms with van der Waals surface area (Å²) < 4.78 is 34.6. The Kier molecular flexibility index (Phi) is 7.80. The number of nitrogen functional groups attached to an aromatic ring is 2. The van der Waals surface area contributed by atoms with Gasteiger partial charge in [-0.25, -0.2) is 14.7 Å². The normalized spacial score (nSPS) is 12.6. The van der Waals surface area contributed by atoms with Crippen LogP contribution in [0.1, 0.15) is 20.3 Å². The van der Waals surface area contributed by atoms with E-state index < -0.39 is 22.3 Å². The van der Waals surface area contributed by atoms with E-state index in [1.807, 2.05) is 11.8 Å². The van der Waals surface area contributed by atoms with Gasteiger partial charge in [0.05, 0.1) is 12.7 Å². The number of nitrogens with two attached hydrogens (primary N) is 2. The van der Waals surface area contributed by atoms with Crippen LogP contribution in [0.3, 0.4) is 0 Å². The van der Waals surface area contributed by atoms with Crippen molar-refractivity contribution < 1.29 is 22.1 Å². The molecular formula is C13H24N6O5S. The smallest absolute Gasteiger partial charge is 0.362 e. The lowest BCUT2D eigenvalue weighted by Gasteiger charge is -2.25. The molecule has 1 heterocycles. The number of ether oxygens (including phenoxy) is 1. The molecule has 0 saturated heterocycles. The summed E-state index contributed by atoms with van der Waals surface area (Å²) in [4.78, 5) is 20.6. The molecule has 0 aliphatic carbocycles. The van der Waals surface area contributed by atoms with Gasteiger partial charge in [-0.2, -0.15) is 8.42 Å². The van der Waals surface area contributed by atoms with Gasteiger partial charge in [0.1, 0.15) is 12.0 Å². The molecule has 1 amide bonds. The van der Waals surface area contributed by atoms with Gasteiger partial charge in [-0.05, 0) is 13.3 Å². The summed E-state index contributed by atoms with van der Waals surface area (Å²) in [5, 5.41) is 0. The number of nitrogens with zero attached hydrogens (tertiary/aromatic N) is 3. The van der Waals surface area contributed by atoms with Crippen molar-refractivity contribution >= 4 is 33.5 Å². The molecule has 1 aromatic heterocycles. The summed E-state index contributed by atoms with van der Waals surface area (Å²) in [6.45, 7) is 3.82. The van der Waals surface area contributed by atoms with Gasteiger partial charge in [0.2, 0.25) is 5.91 Å². The van der Waals surface area contributed by atoms with Gasteiger partial charge in [-0.15, -0.1) is 0 Å². The quantitative estimate of drug-likeness (QED) is 0.474. The van der Waals surface area contributed by atoms with Crippen molar-refractivity contribution in [3.63, 3.8) is 0 Å². The molecule has 1 rings (SSSR count). The van der Waals surface area contributed by atoms with E-state index in [1.165, 1.54) is 13.4 Å². The van der Waals surface area contributed by atoms with E-state index in [0.29, 0.717) is 25.3 Å². The van der Waals surface area contributed by atoms with Gasteiger partial charge in [-0.1, -0.05) is 0 Å². The third-order valence-electron chi connectivity index (χ3n) is 3.31. The number of rotatable bonds is 10. The fourth-order valence-electron chi connectivity index (χ4n) is 2.01. The van der Waals surface area contributed by atoms with Crippen LogP contribution in [0.15, 0.2) is 6.33 Å². The number of hydrogen-bond donors (Lipinski definition) is 3. The van der Waals surface area contributed by atoms with Crippen LogP contribution in [0.2, 0.25) is 0 Å². The van der Waals surface area contributed by atoms with E-state index in [1.54, 1.807) is 4.72 Å². The molecule has 12 heteroatoms. The molecule has 25 heavy (non-hydrogen) atoms. The molecule has 142 valence electrons. The Hall–Kier alpha value is -2.18. The standard InChI is InChI=1S/C13H24N6O5S/c1-4-19(13-11(14)12(15)16-8-17-13)6-5-10(23-3)7-24-25(21,22)18-9(2)20/h8,10H,4-7,14H2,1-3H3,(H,18,20)(H2,15,16,17)/t10-/m0/s1. The number of methoxy groups -OCH3 is 1. The molecular weight excluding hydrogens is 352 g/mol. The van der Waals surface area contributed by atoms with Crippen LogP contribution < -0.4 is 21.1 Å². The van der Waals surface area contributed by atoms with Crippen LogP contribution in [0, 0.1) is 0 Å². The second-order valence-corrected chi connectivity index (χ2v) is 6.47. The number of carbonyl (C=O) groups is 1. The second kappa shape index (κ2) is 9.34. The van der Waals surface area contributed by atoms with E-state index in [9.17, 15) is 13.2 Å². The van der Waals surface area contributed by atoms with Gasteiger partial charge in [0.15, 0.2) is 11.6 Å². The van der Waals surface area contributed by atoms with Crippen LogP contribution in [-0.2, 0) is 24.0 Å². The molecule has 0 aromatic carbocycles. The van der Waals surface area contributed by atoms with Crippen molar-refractivity contribution in [1.29, 1.82) is 0 Å². The molecule has 1 aromatic rings. The average Bonchev–Trinajstić information content (AvgIpc) is 2.53. The SMILES string of the molecule is CCN(CC[C@@H](COS(=O)(=O)NC(C)=O)OC)c1ncnc(N)c1N. The maximum Gasteiger partial charge on any atom is 0.362 e. The summed E-state index contributed by atoms with van der Waals surface area (Å²) in [6.07, 6.45) is 1.24. The Morgan fingerprint density at radius 3 is 2.64 bits per heavy atom. The van der Waals surface area contributed by atoms with E-state index in [2.05, 4.69) is 9.97 Å². The number of amides is 1. The molecule has 0 aliphatic heterocycles. The average molecular weight is 376 g/mol. The molecule has 0 spiro atoms. The van der Waals surface area contributed by atoms with Crippen LogP contribution in [-0.4, -0.2) is 57.2 Å². The first-order valence-electron chi connectivity index (χ1n) is 7.51. The highest BCUT2D eigenvalue weighted by molar-refractivity contribution is 7.85. The third-order valence-corrected chi connectivity index (χ3v) is 4.29. The Labute approximate surface area is 147 Å². The minimum atomic E-state index is -4.14. The van der Waals surface area contributed by atoms with Gasteiger partial charge in [0, 0.05) is 27.1 Å². The first-order valence-corrected chi connectivity index (χ1v) is 8.92. The van der Waals surface area contributed by atoms with Crippen molar-refractivity contribution in [3.8, 4) is 0 Å². The third kappa shape index (κ3) is 6.68. The Morgan fingerprint density at radius 1 is 1.40 bits per heavy atom. The molecule has 0 saturated carbocycles. The molecule has 0 fully saturated rings. The van der Waals surface area contributed by atoms with Crippen LogP contribution >= 0.6 is 0 Å². The zero-order valence-corrected chi connectivity index (χ0v) is 15.2. The fourth-order valence-corrected chi connectivity index (χ4v) is 2.75. The topological polar surface area (TPSA) is 163 Å². The monoisotopic (exact) mass is 376 g/mol. The van der Waals surface area contributed by atoms with Crippen molar-refractivity contribution in [2.24, 2.45) is 0 Å². The summed E-state index contributed by atoms with van der Waals surface area (Å²) in [5.74, 6) is -0.0453. The largest absolute Gasteiger partial charge is 0.393 e. The summed E-state index contributed by atoms with van der Waals surface area (Å²) in [7, 11) is -2.71. The van der Waals surface area contributed by atoms with Crippen molar-refractivity contribution in [2.45, 2.75) is 26.4 Å². The molecule has 0 bridgehead atoms. The molecule has 5 N–H and O–H groups in total.